The number of carbonyl (C=O) groups is 2. The summed E-state index contributed by atoms with van der Waals surface area (Å²) in [5.41, 5.74) is 0. The molecule has 0 saturated carbocycles. The van der Waals surface area contributed by atoms with E-state index in [1.165, 1.54) is 11.3 Å². The topological polar surface area (TPSA) is 104 Å². The molecule has 0 fully saturated rings. The fourth-order valence-corrected chi connectivity index (χ4v) is 2.08. The highest BCUT2D eigenvalue weighted by molar-refractivity contribution is 7.15. The predicted octanol–water partition coefficient (Wildman–Crippen LogP) is 1.87. The monoisotopic (exact) mass is 286 g/mol. The van der Waals surface area contributed by atoms with Gasteiger partial charge in [0.25, 0.3) is 0 Å². The Balaban J connectivity index is 2.49. The van der Waals surface area contributed by atoms with Crippen LogP contribution in [0.1, 0.15) is 38.1 Å². The Morgan fingerprint density at radius 1 is 1.37 bits per heavy atom. The van der Waals surface area contributed by atoms with E-state index in [0.29, 0.717) is 11.6 Å². The molecule has 1 unspecified atom stereocenters. The highest BCUT2D eigenvalue weighted by Gasteiger charge is 2.19. The number of unbranched alkanes of at least 4 members (excludes halogenated alkanes) is 1. The average Bonchev–Trinajstić information content (AvgIpc) is 2.81. The van der Waals surface area contributed by atoms with Crippen LogP contribution in [0.2, 0.25) is 0 Å². The van der Waals surface area contributed by atoms with E-state index >= 15 is 0 Å². The first kappa shape index (κ1) is 15.4. The Bertz CT molecular complexity index is 435. The third kappa shape index (κ3) is 5.21. The zero-order valence-corrected chi connectivity index (χ0v) is 11.8. The molecule has 0 radical (unpaired) electrons. The Morgan fingerprint density at radius 2 is 2.11 bits per heavy atom. The van der Waals surface area contributed by atoms with Crippen LogP contribution < -0.4 is 10.6 Å². The van der Waals surface area contributed by atoms with Gasteiger partial charge in [0, 0.05) is 0 Å². The van der Waals surface area contributed by atoms with Gasteiger partial charge in [0.15, 0.2) is 0 Å². The van der Waals surface area contributed by atoms with Crippen LogP contribution in [0.3, 0.4) is 0 Å². The van der Waals surface area contributed by atoms with Crippen LogP contribution in [0.4, 0.5) is 9.93 Å². The van der Waals surface area contributed by atoms with E-state index in [1.54, 1.807) is 0 Å². The van der Waals surface area contributed by atoms with Gasteiger partial charge in [-0.1, -0.05) is 38.0 Å². The van der Waals surface area contributed by atoms with Crippen molar-refractivity contribution in [3.8, 4) is 0 Å². The molecule has 2 amide bonds. The summed E-state index contributed by atoms with van der Waals surface area (Å²) in [6.45, 7) is 3.90. The summed E-state index contributed by atoms with van der Waals surface area (Å²) < 4.78 is 0. The number of anilines is 1. The van der Waals surface area contributed by atoms with Crippen LogP contribution >= 0.6 is 11.3 Å². The van der Waals surface area contributed by atoms with Gasteiger partial charge in [0.2, 0.25) is 5.13 Å². The molecule has 0 spiro atoms. The van der Waals surface area contributed by atoms with Crippen LogP contribution in [0.25, 0.3) is 0 Å². The predicted molar refractivity (Wildman–Crippen MR) is 72.4 cm³/mol. The number of nitrogens with one attached hydrogen (secondary N) is 2. The zero-order valence-electron chi connectivity index (χ0n) is 11.0. The molecule has 0 aromatic carbocycles. The molecule has 0 aliphatic heterocycles. The third-order valence-corrected chi connectivity index (χ3v) is 3.42. The molecule has 1 atom stereocenters. The number of amides is 2. The maximum absolute atomic E-state index is 11.6. The standard InChI is InChI=1S/C11H18N4O3S/c1-3-5-6-7(9(16)17)12-10(18)13-11-15-14-8(4-2)19-11/h7H,3-6H2,1-2H3,(H,16,17)(H2,12,13,15,18). The summed E-state index contributed by atoms with van der Waals surface area (Å²) in [5.74, 6) is -1.03. The van der Waals surface area contributed by atoms with E-state index in [2.05, 4.69) is 20.8 Å². The Morgan fingerprint density at radius 3 is 2.63 bits per heavy atom. The van der Waals surface area contributed by atoms with Gasteiger partial charge in [-0.2, -0.15) is 0 Å². The molecular formula is C11H18N4O3S. The van der Waals surface area contributed by atoms with Gasteiger partial charge in [-0.3, -0.25) is 5.32 Å². The lowest BCUT2D eigenvalue weighted by atomic mass is 10.1. The van der Waals surface area contributed by atoms with Gasteiger partial charge in [-0.15, -0.1) is 10.2 Å². The van der Waals surface area contributed by atoms with Gasteiger partial charge in [-0.25, -0.2) is 9.59 Å². The molecule has 0 aliphatic carbocycles. The van der Waals surface area contributed by atoms with Crippen molar-refractivity contribution < 1.29 is 14.7 Å². The van der Waals surface area contributed by atoms with E-state index in [4.69, 9.17) is 5.11 Å². The van der Waals surface area contributed by atoms with Crippen molar-refractivity contribution in [1.82, 2.24) is 15.5 Å². The zero-order chi connectivity index (χ0) is 14.3. The van der Waals surface area contributed by atoms with Crippen LogP contribution in [0, 0.1) is 0 Å². The molecule has 3 N–H and O–H groups in total. The number of aromatic nitrogens is 2. The highest BCUT2D eigenvalue weighted by atomic mass is 32.1. The summed E-state index contributed by atoms with van der Waals surface area (Å²) in [6, 6.07) is -1.44. The summed E-state index contributed by atoms with van der Waals surface area (Å²) in [5, 5.41) is 22.7. The van der Waals surface area contributed by atoms with Crippen molar-refractivity contribution in [3.05, 3.63) is 5.01 Å². The minimum absolute atomic E-state index is 0.369. The van der Waals surface area contributed by atoms with Crippen molar-refractivity contribution in [2.45, 2.75) is 45.6 Å². The highest BCUT2D eigenvalue weighted by Crippen LogP contribution is 2.15. The first-order chi connectivity index (χ1) is 9.06. The fraction of sp³-hybridized carbons (Fsp3) is 0.636. The first-order valence-corrected chi connectivity index (χ1v) is 7.01. The number of aliphatic carboxylic acids is 1. The quantitative estimate of drug-likeness (QED) is 0.709. The number of aryl methyl sites for hydroxylation is 1. The minimum Gasteiger partial charge on any atom is -0.480 e. The number of carbonyl (C=O) groups excluding carboxylic acids is 1. The molecule has 0 saturated heterocycles. The van der Waals surface area contributed by atoms with Crippen molar-refractivity contribution in [2.24, 2.45) is 0 Å². The van der Waals surface area contributed by atoms with Gasteiger partial charge in [0.05, 0.1) is 0 Å². The van der Waals surface area contributed by atoms with Crippen molar-refractivity contribution in [3.63, 3.8) is 0 Å². The summed E-state index contributed by atoms with van der Waals surface area (Å²) >= 11 is 1.27. The molecule has 19 heavy (non-hydrogen) atoms. The molecule has 106 valence electrons. The number of carboxylic acid groups (broad SMARTS) is 1. The van der Waals surface area contributed by atoms with Crippen LogP contribution in [-0.4, -0.2) is 33.3 Å². The molecule has 0 aliphatic rings. The Kier molecular flexibility index (Phi) is 6.20. The Hall–Kier alpha value is -1.70. The molecule has 7 nitrogen and oxygen atoms in total. The number of hydrogen-bond acceptors (Lipinski definition) is 5. The molecule has 1 aromatic heterocycles. The smallest absolute Gasteiger partial charge is 0.326 e. The third-order valence-electron chi connectivity index (χ3n) is 2.44. The second-order valence-corrected chi connectivity index (χ2v) is 5.05. The van der Waals surface area contributed by atoms with Crippen molar-refractivity contribution in [2.75, 3.05) is 5.32 Å². The maximum atomic E-state index is 11.6. The van der Waals surface area contributed by atoms with Gasteiger partial charge >= 0.3 is 12.0 Å². The van der Waals surface area contributed by atoms with Crippen molar-refractivity contribution in [1.29, 1.82) is 0 Å². The van der Waals surface area contributed by atoms with E-state index in [9.17, 15) is 9.59 Å². The lowest BCUT2D eigenvalue weighted by Gasteiger charge is -2.13. The van der Waals surface area contributed by atoms with Crippen molar-refractivity contribution >= 4 is 28.5 Å². The number of hydrogen-bond donors (Lipinski definition) is 3. The Labute approximate surface area is 115 Å². The minimum atomic E-state index is -1.03. The largest absolute Gasteiger partial charge is 0.480 e. The van der Waals surface area contributed by atoms with Crippen LogP contribution in [0.15, 0.2) is 0 Å². The lowest BCUT2D eigenvalue weighted by molar-refractivity contribution is -0.139. The SMILES string of the molecule is CCCCC(NC(=O)Nc1nnc(CC)s1)C(=O)O. The van der Waals surface area contributed by atoms with E-state index in [0.717, 1.165) is 24.3 Å². The molecule has 8 heteroatoms. The number of nitrogens with zero attached hydrogens (tertiary/aromatic N) is 2. The average molecular weight is 286 g/mol. The van der Waals surface area contributed by atoms with E-state index in [-0.39, 0.29) is 0 Å². The molecule has 0 bridgehead atoms. The number of rotatable bonds is 7. The second-order valence-electron chi connectivity index (χ2n) is 3.99. The van der Waals surface area contributed by atoms with Gasteiger partial charge in [0.1, 0.15) is 11.0 Å². The van der Waals surface area contributed by atoms with E-state index in [1.807, 2.05) is 13.8 Å². The summed E-state index contributed by atoms with van der Waals surface area (Å²) in [7, 11) is 0. The summed E-state index contributed by atoms with van der Waals surface area (Å²) in [6.07, 6.45) is 2.78. The summed E-state index contributed by atoms with van der Waals surface area (Å²) in [4.78, 5) is 22.6. The van der Waals surface area contributed by atoms with E-state index < -0.39 is 18.0 Å². The molecule has 1 aromatic rings. The normalized spacial score (nSPS) is 11.9. The molecule has 1 heterocycles. The molecular weight excluding hydrogens is 268 g/mol. The lowest BCUT2D eigenvalue weighted by Crippen LogP contribution is -2.42. The fourth-order valence-electron chi connectivity index (χ4n) is 1.40. The van der Waals surface area contributed by atoms with Gasteiger partial charge in [-0.05, 0) is 12.8 Å². The van der Waals surface area contributed by atoms with Gasteiger partial charge < -0.3 is 10.4 Å². The van der Waals surface area contributed by atoms with Crippen LogP contribution in [-0.2, 0) is 11.2 Å². The number of carboxylic acids is 1. The first-order valence-electron chi connectivity index (χ1n) is 6.19. The molecule has 1 rings (SSSR count). The number of urea groups is 1. The second kappa shape index (κ2) is 7.67. The maximum Gasteiger partial charge on any atom is 0.326 e. The van der Waals surface area contributed by atoms with Crippen LogP contribution in [0.5, 0.6) is 0 Å².